The number of benzene rings is 1. The summed E-state index contributed by atoms with van der Waals surface area (Å²) in [6.45, 7) is 0.448. The SMILES string of the molecule is COCc1cccc(-n2cc(C#N)c(N)c2C(=O)OC)c1. The van der Waals surface area contributed by atoms with Crippen LogP contribution in [-0.2, 0) is 16.1 Å². The summed E-state index contributed by atoms with van der Waals surface area (Å²) in [4.78, 5) is 11.9. The van der Waals surface area contributed by atoms with Crippen molar-refractivity contribution >= 4 is 11.7 Å². The van der Waals surface area contributed by atoms with Crippen LogP contribution in [0.15, 0.2) is 30.5 Å². The van der Waals surface area contributed by atoms with Gasteiger partial charge in [0.15, 0.2) is 5.69 Å². The van der Waals surface area contributed by atoms with Gasteiger partial charge in [0.2, 0.25) is 0 Å². The van der Waals surface area contributed by atoms with Crippen molar-refractivity contribution in [2.24, 2.45) is 0 Å². The Kier molecular flexibility index (Phi) is 4.26. The number of carbonyl (C=O) groups excluding carboxylic acids is 1. The molecule has 0 unspecified atom stereocenters. The topological polar surface area (TPSA) is 90.3 Å². The molecule has 2 aromatic rings. The lowest BCUT2D eigenvalue weighted by atomic mass is 10.2. The van der Waals surface area contributed by atoms with Gasteiger partial charge in [-0.15, -0.1) is 0 Å². The number of nitrogen functional groups attached to an aromatic ring is 1. The summed E-state index contributed by atoms with van der Waals surface area (Å²) in [5.74, 6) is -0.592. The normalized spacial score (nSPS) is 10.1. The molecule has 0 aliphatic heterocycles. The third-order valence-corrected chi connectivity index (χ3v) is 3.04. The molecule has 108 valence electrons. The minimum Gasteiger partial charge on any atom is -0.464 e. The zero-order chi connectivity index (χ0) is 15.4. The summed E-state index contributed by atoms with van der Waals surface area (Å²) in [7, 11) is 2.88. The zero-order valence-corrected chi connectivity index (χ0v) is 11.8. The fourth-order valence-electron chi connectivity index (χ4n) is 2.08. The number of hydrogen-bond donors (Lipinski definition) is 1. The highest BCUT2D eigenvalue weighted by molar-refractivity contribution is 5.95. The monoisotopic (exact) mass is 285 g/mol. The number of anilines is 1. The molecule has 0 amide bonds. The summed E-state index contributed by atoms with van der Waals surface area (Å²) >= 11 is 0. The molecule has 1 aromatic carbocycles. The molecule has 6 nitrogen and oxygen atoms in total. The maximum atomic E-state index is 11.9. The minimum atomic E-state index is -0.592. The lowest BCUT2D eigenvalue weighted by Gasteiger charge is -2.10. The standard InChI is InChI=1S/C15H15N3O3/c1-20-9-10-4-3-5-12(6-10)18-8-11(7-16)13(17)14(18)15(19)21-2/h3-6,8H,9,17H2,1-2H3. The van der Waals surface area contributed by atoms with Crippen molar-refractivity contribution in [1.82, 2.24) is 4.57 Å². The Bertz CT molecular complexity index is 713. The molecule has 0 aliphatic carbocycles. The van der Waals surface area contributed by atoms with Gasteiger partial charge in [0, 0.05) is 19.0 Å². The number of rotatable bonds is 4. The van der Waals surface area contributed by atoms with E-state index in [1.165, 1.54) is 13.3 Å². The van der Waals surface area contributed by atoms with Gasteiger partial charge in [-0.25, -0.2) is 4.79 Å². The van der Waals surface area contributed by atoms with Crippen LogP contribution in [0.4, 0.5) is 5.69 Å². The lowest BCUT2D eigenvalue weighted by molar-refractivity contribution is 0.0593. The van der Waals surface area contributed by atoms with Crippen molar-refractivity contribution in [2.45, 2.75) is 6.61 Å². The van der Waals surface area contributed by atoms with E-state index in [9.17, 15) is 4.79 Å². The number of ether oxygens (including phenoxy) is 2. The van der Waals surface area contributed by atoms with Crippen molar-refractivity contribution in [3.05, 3.63) is 47.3 Å². The van der Waals surface area contributed by atoms with E-state index >= 15 is 0 Å². The number of esters is 1. The number of aromatic nitrogens is 1. The lowest BCUT2D eigenvalue weighted by Crippen LogP contribution is -2.11. The third-order valence-electron chi connectivity index (χ3n) is 3.04. The van der Waals surface area contributed by atoms with Crippen LogP contribution in [-0.4, -0.2) is 24.8 Å². The molecule has 0 aliphatic rings. The summed E-state index contributed by atoms with van der Waals surface area (Å²) in [6.07, 6.45) is 1.52. The first-order valence-corrected chi connectivity index (χ1v) is 6.19. The van der Waals surface area contributed by atoms with Crippen molar-refractivity contribution in [3.63, 3.8) is 0 Å². The second-order valence-corrected chi connectivity index (χ2v) is 4.38. The molecule has 21 heavy (non-hydrogen) atoms. The second-order valence-electron chi connectivity index (χ2n) is 4.38. The van der Waals surface area contributed by atoms with Gasteiger partial charge in [-0.2, -0.15) is 5.26 Å². The molecular formula is C15H15N3O3. The van der Waals surface area contributed by atoms with Gasteiger partial charge in [-0.3, -0.25) is 0 Å². The number of nitrogens with two attached hydrogens (primary N) is 1. The Morgan fingerprint density at radius 3 is 2.81 bits per heavy atom. The van der Waals surface area contributed by atoms with Crippen molar-refractivity contribution < 1.29 is 14.3 Å². The highest BCUT2D eigenvalue weighted by atomic mass is 16.5. The predicted octanol–water partition coefficient (Wildman–Crippen LogP) is 1.86. The summed E-state index contributed by atoms with van der Waals surface area (Å²) in [6, 6.07) is 9.38. The molecule has 0 spiro atoms. The van der Waals surface area contributed by atoms with Crippen LogP contribution < -0.4 is 5.73 Å². The van der Waals surface area contributed by atoms with Gasteiger partial charge in [-0.1, -0.05) is 12.1 Å². The van der Waals surface area contributed by atoms with E-state index < -0.39 is 5.97 Å². The van der Waals surface area contributed by atoms with Crippen LogP contribution in [0.25, 0.3) is 5.69 Å². The highest BCUT2D eigenvalue weighted by Crippen LogP contribution is 2.25. The van der Waals surface area contributed by atoms with Crippen LogP contribution in [0, 0.1) is 11.3 Å². The van der Waals surface area contributed by atoms with Crippen LogP contribution in [0.1, 0.15) is 21.6 Å². The van der Waals surface area contributed by atoms with E-state index in [-0.39, 0.29) is 16.9 Å². The molecule has 1 aromatic heterocycles. The van der Waals surface area contributed by atoms with Crippen molar-refractivity contribution in [3.8, 4) is 11.8 Å². The van der Waals surface area contributed by atoms with Crippen LogP contribution >= 0.6 is 0 Å². The third kappa shape index (κ3) is 2.73. The van der Waals surface area contributed by atoms with Gasteiger partial charge in [0.25, 0.3) is 0 Å². The van der Waals surface area contributed by atoms with E-state index in [0.717, 1.165) is 5.56 Å². The molecule has 1 heterocycles. The Morgan fingerprint density at radius 2 is 2.19 bits per heavy atom. The maximum Gasteiger partial charge on any atom is 0.357 e. The number of methoxy groups -OCH3 is 2. The zero-order valence-electron chi connectivity index (χ0n) is 11.8. The fraction of sp³-hybridized carbons (Fsp3) is 0.200. The molecule has 2 rings (SSSR count). The van der Waals surface area contributed by atoms with Gasteiger partial charge >= 0.3 is 5.97 Å². The summed E-state index contributed by atoms with van der Waals surface area (Å²) in [5.41, 5.74) is 7.99. The second kappa shape index (κ2) is 6.11. The van der Waals surface area contributed by atoms with Gasteiger partial charge < -0.3 is 19.8 Å². The van der Waals surface area contributed by atoms with E-state index in [2.05, 4.69) is 0 Å². The summed E-state index contributed by atoms with van der Waals surface area (Å²) in [5, 5.41) is 9.08. The average Bonchev–Trinajstić information content (AvgIpc) is 2.84. The molecule has 0 fully saturated rings. The number of carbonyl (C=O) groups is 1. The van der Waals surface area contributed by atoms with Gasteiger partial charge in [0.1, 0.15) is 6.07 Å². The van der Waals surface area contributed by atoms with Crippen molar-refractivity contribution in [1.29, 1.82) is 5.26 Å². The smallest absolute Gasteiger partial charge is 0.357 e. The highest BCUT2D eigenvalue weighted by Gasteiger charge is 2.21. The van der Waals surface area contributed by atoms with Crippen LogP contribution in [0.2, 0.25) is 0 Å². The molecule has 6 heteroatoms. The Labute approximate surface area is 122 Å². The average molecular weight is 285 g/mol. The molecule has 0 atom stereocenters. The van der Waals surface area contributed by atoms with E-state index in [0.29, 0.717) is 12.3 Å². The number of hydrogen-bond acceptors (Lipinski definition) is 5. The van der Waals surface area contributed by atoms with Gasteiger partial charge in [-0.05, 0) is 17.7 Å². The first kappa shape index (κ1) is 14.6. The van der Waals surface area contributed by atoms with Crippen LogP contribution in [0.5, 0.6) is 0 Å². The first-order chi connectivity index (χ1) is 10.1. The quantitative estimate of drug-likeness (QED) is 0.866. The molecule has 0 saturated carbocycles. The number of nitrogens with zero attached hydrogens (tertiary/aromatic N) is 2. The molecule has 0 bridgehead atoms. The molecule has 0 radical (unpaired) electrons. The first-order valence-electron chi connectivity index (χ1n) is 6.19. The summed E-state index contributed by atoms with van der Waals surface area (Å²) < 4.78 is 11.4. The number of nitriles is 1. The largest absolute Gasteiger partial charge is 0.464 e. The molecular weight excluding hydrogens is 270 g/mol. The molecule has 0 saturated heterocycles. The van der Waals surface area contributed by atoms with E-state index in [1.54, 1.807) is 11.7 Å². The maximum absolute atomic E-state index is 11.9. The fourth-order valence-corrected chi connectivity index (χ4v) is 2.08. The Hall–Kier alpha value is -2.78. The Morgan fingerprint density at radius 1 is 1.43 bits per heavy atom. The Balaban J connectivity index is 2.60. The van der Waals surface area contributed by atoms with Gasteiger partial charge in [0.05, 0.1) is 25.0 Å². The van der Waals surface area contributed by atoms with E-state index in [1.807, 2.05) is 30.3 Å². The van der Waals surface area contributed by atoms with E-state index in [4.69, 9.17) is 20.5 Å². The minimum absolute atomic E-state index is 0.112. The molecule has 2 N–H and O–H groups in total. The predicted molar refractivity (Wildman–Crippen MR) is 76.9 cm³/mol. The van der Waals surface area contributed by atoms with Crippen LogP contribution in [0.3, 0.4) is 0 Å². The van der Waals surface area contributed by atoms with Crippen molar-refractivity contribution in [2.75, 3.05) is 20.0 Å².